The van der Waals surface area contributed by atoms with E-state index < -0.39 is 38.8 Å². The quantitative estimate of drug-likeness (QED) is 0.231. The molecule has 1 fully saturated rings. The topological polar surface area (TPSA) is 93.5 Å². The number of esters is 1. The van der Waals surface area contributed by atoms with Gasteiger partial charge in [-0.2, -0.15) is 0 Å². The van der Waals surface area contributed by atoms with Crippen molar-refractivity contribution in [3.05, 3.63) is 46.3 Å². The molecule has 1 aliphatic rings. The van der Waals surface area contributed by atoms with Crippen molar-refractivity contribution in [3.8, 4) is 0 Å². The van der Waals surface area contributed by atoms with E-state index in [0.29, 0.717) is 12.0 Å². The normalized spacial score (nSPS) is 26.1. The van der Waals surface area contributed by atoms with Crippen LogP contribution in [0, 0.1) is 0 Å². The summed E-state index contributed by atoms with van der Waals surface area (Å²) in [7, 11) is -2.05. The summed E-state index contributed by atoms with van der Waals surface area (Å²) in [6.45, 7) is 12.6. The molecule has 0 aliphatic carbocycles. The number of benzene rings is 1. The van der Waals surface area contributed by atoms with Gasteiger partial charge >= 0.3 is 5.97 Å². The molecule has 1 saturated heterocycles. The minimum absolute atomic E-state index is 0.0320. The molecule has 7 nitrogen and oxygen atoms in total. The van der Waals surface area contributed by atoms with Gasteiger partial charge in [0.2, 0.25) is 0 Å². The van der Waals surface area contributed by atoms with Crippen LogP contribution >= 0.6 is 0 Å². The van der Waals surface area contributed by atoms with E-state index in [1.54, 1.807) is 24.3 Å². The number of hydrogen-bond donors (Lipinski definition) is 0. The second-order valence-electron chi connectivity index (χ2n) is 8.39. The maximum absolute atomic E-state index is 12.4. The molecule has 1 aromatic rings. The largest absolute Gasteiger partial charge is 0.456 e. The van der Waals surface area contributed by atoms with Crippen molar-refractivity contribution in [3.63, 3.8) is 0 Å². The van der Waals surface area contributed by atoms with Crippen LogP contribution in [0.25, 0.3) is 10.4 Å². The highest BCUT2D eigenvalue weighted by molar-refractivity contribution is 6.74. The number of hydrogen-bond acceptors (Lipinski definition) is 5. The summed E-state index contributed by atoms with van der Waals surface area (Å²) in [5.74, 6) is -0.460. The van der Waals surface area contributed by atoms with E-state index in [9.17, 15) is 4.79 Å². The van der Waals surface area contributed by atoms with E-state index in [1.165, 1.54) is 0 Å². The van der Waals surface area contributed by atoms with Crippen LogP contribution in [0.3, 0.4) is 0 Å². The van der Waals surface area contributed by atoms with E-state index in [1.807, 2.05) is 13.0 Å². The lowest BCUT2D eigenvalue weighted by molar-refractivity contribution is -0.191. The van der Waals surface area contributed by atoms with Crippen LogP contribution in [0.15, 0.2) is 35.4 Å². The van der Waals surface area contributed by atoms with Crippen molar-refractivity contribution >= 4 is 14.3 Å². The van der Waals surface area contributed by atoms with Gasteiger partial charge in [-0.3, -0.25) is 0 Å². The first-order chi connectivity index (χ1) is 12.5. The summed E-state index contributed by atoms with van der Waals surface area (Å²) in [5, 5.41) is 3.90. The summed E-state index contributed by atoms with van der Waals surface area (Å²) in [6, 6.07) is 8.19. The van der Waals surface area contributed by atoms with Crippen molar-refractivity contribution in [1.29, 1.82) is 0 Å². The van der Waals surface area contributed by atoms with Gasteiger partial charge in [0.15, 0.2) is 8.32 Å². The minimum Gasteiger partial charge on any atom is -0.456 e. The number of nitrogens with zero attached hydrogens (tertiary/aromatic N) is 3. The number of rotatable bonds is 5. The Balaban J connectivity index is 2.13. The van der Waals surface area contributed by atoms with Crippen LogP contribution in [-0.2, 0) is 13.9 Å². The average molecular weight is 392 g/mol. The van der Waals surface area contributed by atoms with Gasteiger partial charge in [0.25, 0.3) is 0 Å². The van der Waals surface area contributed by atoms with Crippen molar-refractivity contribution in [2.75, 3.05) is 0 Å². The third-order valence-corrected chi connectivity index (χ3v) is 9.79. The van der Waals surface area contributed by atoms with Gasteiger partial charge < -0.3 is 13.9 Å². The molecule has 0 unspecified atom stereocenters. The maximum Gasteiger partial charge on any atom is 0.338 e. The zero-order chi connectivity index (χ0) is 20.2. The standard InChI is InChI=1S/C19H29N3O4Si/c1-13-17(25-18(23)14-10-8-7-9-11-14)15(21-22-20)12-16(24-13)26-27(5,6)19(2,3)4/h7-11,13,15-17H,12H2,1-6H3/t13-,15-,16+,17+/m0/s1. The van der Waals surface area contributed by atoms with Gasteiger partial charge in [0.05, 0.1) is 17.7 Å². The highest BCUT2D eigenvalue weighted by atomic mass is 28.4. The Kier molecular flexibility index (Phi) is 6.70. The molecule has 0 amide bonds. The third-order valence-electron chi connectivity index (χ3n) is 5.33. The summed E-state index contributed by atoms with van der Waals surface area (Å²) < 4.78 is 17.9. The Bertz CT molecular complexity index is 699. The van der Waals surface area contributed by atoms with E-state index in [0.717, 1.165) is 0 Å². The molecule has 2 rings (SSSR count). The van der Waals surface area contributed by atoms with Gasteiger partial charge in [-0.15, -0.1) is 0 Å². The van der Waals surface area contributed by atoms with E-state index in [2.05, 4.69) is 43.9 Å². The van der Waals surface area contributed by atoms with E-state index in [-0.39, 0.29) is 5.04 Å². The Morgan fingerprint density at radius 2 is 1.93 bits per heavy atom. The van der Waals surface area contributed by atoms with Gasteiger partial charge in [0.1, 0.15) is 12.4 Å². The monoisotopic (exact) mass is 391 g/mol. The van der Waals surface area contributed by atoms with Gasteiger partial charge in [-0.1, -0.05) is 44.1 Å². The summed E-state index contributed by atoms with van der Waals surface area (Å²) in [6.07, 6.45) is -1.24. The molecule has 4 atom stereocenters. The first kappa shape index (κ1) is 21.4. The van der Waals surface area contributed by atoms with E-state index in [4.69, 9.17) is 19.4 Å². The fourth-order valence-corrected chi connectivity index (χ4v) is 3.88. The summed E-state index contributed by atoms with van der Waals surface area (Å²) in [4.78, 5) is 15.4. The maximum atomic E-state index is 12.4. The van der Waals surface area contributed by atoms with E-state index >= 15 is 0 Å². The lowest BCUT2D eigenvalue weighted by Crippen LogP contribution is -2.53. The van der Waals surface area contributed by atoms with Crippen LogP contribution in [0.1, 0.15) is 44.5 Å². The molecule has 0 N–H and O–H groups in total. The Labute approximate surface area is 161 Å². The molecule has 1 aromatic carbocycles. The molecule has 0 spiro atoms. The van der Waals surface area contributed by atoms with Crippen LogP contribution in [0.5, 0.6) is 0 Å². The summed E-state index contributed by atoms with van der Waals surface area (Å²) in [5.41, 5.74) is 9.41. The molecule has 148 valence electrons. The van der Waals surface area contributed by atoms with Crippen molar-refractivity contribution in [2.45, 2.75) is 76.8 Å². The fourth-order valence-electron chi connectivity index (χ4n) is 2.72. The smallest absolute Gasteiger partial charge is 0.338 e. The first-order valence-electron chi connectivity index (χ1n) is 9.18. The van der Waals surface area contributed by atoms with Gasteiger partial charge in [0, 0.05) is 11.3 Å². The zero-order valence-electron chi connectivity index (χ0n) is 16.9. The molecule has 27 heavy (non-hydrogen) atoms. The molecular weight excluding hydrogens is 362 g/mol. The second kappa shape index (κ2) is 8.44. The van der Waals surface area contributed by atoms with Crippen LogP contribution < -0.4 is 0 Å². The Morgan fingerprint density at radius 1 is 1.30 bits per heavy atom. The van der Waals surface area contributed by atoms with Gasteiger partial charge in [-0.05, 0) is 42.7 Å². The van der Waals surface area contributed by atoms with Crippen LogP contribution in [0.2, 0.25) is 18.1 Å². The van der Waals surface area contributed by atoms with Crippen LogP contribution in [-0.4, -0.2) is 38.8 Å². The molecule has 1 aliphatic heterocycles. The molecule has 1 heterocycles. The first-order valence-corrected chi connectivity index (χ1v) is 12.1. The molecule has 0 bridgehead atoms. The van der Waals surface area contributed by atoms with Crippen molar-refractivity contribution in [1.82, 2.24) is 0 Å². The fraction of sp³-hybridized carbons (Fsp3) is 0.632. The number of carbonyl (C=O) groups is 1. The third kappa shape index (κ3) is 5.32. The highest BCUT2D eigenvalue weighted by Gasteiger charge is 2.44. The minimum atomic E-state index is -2.05. The Morgan fingerprint density at radius 3 is 2.48 bits per heavy atom. The zero-order valence-corrected chi connectivity index (χ0v) is 17.9. The van der Waals surface area contributed by atoms with Crippen molar-refractivity contribution < 1.29 is 18.7 Å². The number of azide groups is 1. The lowest BCUT2D eigenvalue weighted by atomic mass is 10.00. The molecule has 0 radical (unpaired) electrons. The Hall–Kier alpha value is -1.86. The average Bonchev–Trinajstić information content (AvgIpc) is 2.57. The number of ether oxygens (including phenoxy) is 2. The molecular formula is C19H29N3O4Si. The molecule has 0 saturated carbocycles. The molecule has 8 heteroatoms. The predicted molar refractivity (Wildman–Crippen MR) is 106 cm³/mol. The van der Waals surface area contributed by atoms with Crippen LogP contribution in [0.4, 0.5) is 0 Å². The van der Waals surface area contributed by atoms with Crippen molar-refractivity contribution in [2.24, 2.45) is 5.11 Å². The second-order valence-corrected chi connectivity index (χ2v) is 13.1. The SMILES string of the molecule is C[C@@H]1O[C@H](O[Si](C)(C)C(C)(C)C)C[C@H](N=[N+]=[N-])[C@@H]1OC(=O)c1ccccc1. The summed E-state index contributed by atoms with van der Waals surface area (Å²) >= 11 is 0. The predicted octanol–water partition coefficient (Wildman–Crippen LogP) is 5.05. The van der Waals surface area contributed by atoms with Gasteiger partial charge in [-0.25, -0.2) is 4.79 Å². The lowest BCUT2D eigenvalue weighted by Gasteiger charge is -2.44. The highest BCUT2D eigenvalue weighted by Crippen LogP contribution is 2.39. The molecule has 0 aromatic heterocycles. The number of carbonyl (C=O) groups excluding carboxylic acids is 1.